The van der Waals surface area contributed by atoms with Gasteiger partial charge >= 0.3 is 0 Å². The number of amides is 1. The highest BCUT2D eigenvalue weighted by molar-refractivity contribution is 5.74. The lowest BCUT2D eigenvalue weighted by Crippen LogP contribution is -2.35. The third-order valence-corrected chi connectivity index (χ3v) is 1.27. The molecule has 1 amide bonds. The smallest absolute Gasteiger partial charge is 0.218 e. The molecule has 0 heterocycles. The maximum absolute atomic E-state index is 10.4. The number of carbonyl (C=O) groups is 1. The van der Waals surface area contributed by atoms with E-state index in [0.29, 0.717) is 13.0 Å². The molecule has 4 N–H and O–H groups in total. The number of nitrogens with two attached hydrogens (primary N) is 1. The van der Waals surface area contributed by atoms with E-state index in [2.05, 4.69) is 5.32 Å². The molecule has 0 rings (SSSR count). The normalized spacial score (nSPS) is 15.9. The van der Waals surface area contributed by atoms with Crippen LogP contribution >= 0.6 is 0 Å². The Morgan fingerprint density at radius 1 is 1.64 bits per heavy atom. The summed E-state index contributed by atoms with van der Waals surface area (Å²) in [5, 5.41) is 11.8. The molecular formula is C7H16N2O2. The van der Waals surface area contributed by atoms with Crippen LogP contribution in [0.4, 0.5) is 0 Å². The molecule has 4 nitrogen and oxygen atoms in total. The van der Waals surface area contributed by atoms with Gasteiger partial charge in [0.15, 0.2) is 0 Å². The summed E-state index contributed by atoms with van der Waals surface area (Å²) in [7, 11) is 0. The highest BCUT2D eigenvalue weighted by Gasteiger charge is 2.05. The number of carbonyl (C=O) groups excluding carboxylic acids is 1. The summed E-state index contributed by atoms with van der Waals surface area (Å²) >= 11 is 0. The summed E-state index contributed by atoms with van der Waals surface area (Å²) in [6, 6.07) is 0.0436. The van der Waals surface area contributed by atoms with Crippen LogP contribution in [-0.4, -0.2) is 29.7 Å². The van der Waals surface area contributed by atoms with Gasteiger partial charge in [0.05, 0.1) is 6.10 Å². The van der Waals surface area contributed by atoms with E-state index in [1.807, 2.05) is 6.92 Å². The summed E-state index contributed by atoms with van der Waals surface area (Å²) in [4.78, 5) is 10.4. The molecule has 2 atom stereocenters. The van der Waals surface area contributed by atoms with E-state index in [0.717, 1.165) is 0 Å². The zero-order chi connectivity index (χ0) is 8.85. The second-order valence-electron chi connectivity index (χ2n) is 2.83. The third kappa shape index (κ3) is 7.29. The fourth-order valence-corrected chi connectivity index (χ4v) is 0.746. The monoisotopic (exact) mass is 160 g/mol. The SMILES string of the molecule is CC(CC(N)=O)NC[C@H](C)O. The Morgan fingerprint density at radius 2 is 2.18 bits per heavy atom. The second-order valence-corrected chi connectivity index (χ2v) is 2.83. The van der Waals surface area contributed by atoms with Crippen molar-refractivity contribution in [2.24, 2.45) is 5.73 Å². The van der Waals surface area contributed by atoms with E-state index >= 15 is 0 Å². The highest BCUT2D eigenvalue weighted by Crippen LogP contribution is 1.88. The first-order valence-corrected chi connectivity index (χ1v) is 3.72. The Morgan fingerprint density at radius 3 is 2.55 bits per heavy atom. The topological polar surface area (TPSA) is 75.4 Å². The van der Waals surface area contributed by atoms with Crippen molar-refractivity contribution in [2.75, 3.05) is 6.54 Å². The van der Waals surface area contributed by atoms with Crippen molar-refractivity contribution >= 4 is 5.91 Å². The molecule has 0 aliphatic heterocycles. The highest BCUT2D eigenvalue weighted by atomic mass is 16.3. The number of hydrogen-bond acceptors (Lipinski definition) is 3. The van der Waals surface area contributed by atoms with Crippen LogP contribution in [0.25, 0.3) is 0 Å². The molecule has 0 aromatic carbocycles. The summed E-state index contributed by atoms with van der Waals surface area (Å²) in [6.07, 6.45) is -0.0717. The Bertz CT molecular complexity index is 126. The minimum Gasteiger partial charge on any atom is -0.392 e. The molecule has 0 aliphatic rings. The molecule has 0 fully saturated rings. The Balaban J connectivity index is 3.37. The summed E-state index contributed by atoms with van der Waals surface area (Å²) in [5.74, 6) is -0.324. The molecule has 0 aromatic heterocycles. The van der Waals surface area contributed by atoms with Crippen LogP contribution in [0.15, 0.2) is 0 Å². The summed E-state index contributed by atoms with van der Waals surface area (Å²) < 4.78 is 0. The van der Waals surface area contributed by atoms with Gasteiger partial charge in [0.25, 0.3) is 0 Å². The number of rotatable bonds is 5. The summed E-state index contributed by atoms with van der Waals surface area (Å²) in [5.41, 5.74) is 4.96. The maximum atomic E-state index is 10.4. The molecule has 11 heavy (non-hydrogen) atoms. The molecular weight excluding hydrogens is 144 g/mol. The molecule has 0 radical (unpaired) electrons. The molecule has 0 aliphatic carbocycles. The first-order valence-electron chi connectivity index (χ1n) is 3.72. The molecule has 66 valence electrons. The van der Waals surface area contributed by atoms with Crippen molar-refractivity contribution < 1.29 is 9.90 Å². The first kappa shape index (κ1) is 10.4. The van der Waals surface area contributed by atoms with Crippen molar-refractivity contribution in [3.63, 3.8) is 0 Å². The molecule has 1 unspecified atom stereocenters. The minimum absolute atomic E-state index is 0.0436. The van der Waals surface area contributed by atoms with Gasteiger partial charge in [0, 0.05) is 19.0 Å². The van der Waals surface area contributed by atoms with Crippen LogP contribution in [0.3, 0.4) is 0 Å². The van der Waals surface area contributed by atoms with Crippen molar-refractivity contribution in [1.82, 2.24) is 5.32 Å². The van der Waals surface area contributed by atoms with E-state index in [9.17, 15) is 4.79 Å². The average Bonchev–Trinajstić information content (AvgIpc) is 1.82. The van der Waals surface area contributed by atoms with Crippen LogP contribution in [0.2, 0.25) is 0 Å². The predicted octanol–water partition coefficient (Wildman–Crippen LogP) is -0.779. The van der Waals surface area contributed by atoms with Gasteiger partial charge in [-0.3, -0.25) is 4.79 Å². The lowest BCUT2D eigenvalue weighted by atomic mass is 10.2. The second kappa shape index (κ2) is 5.09. The minimum atomic E-state index is -0.384. The molecule has 0 saturated carbocycles. The van der Waals surface area contributed by atoms with E-state index in [4.69, 9.17) is 10.8 Å². The van der Waals surface area contributed by atoms with Gasteiger partial charge in [-0.15, -0.1) is 0 Å². The lowest BCUT2D eigenvalue weighted by molar-refractivity contribution is -0.118. The first-order chi connectivity index (χ1) is 5.02. The molecule has 0 aromatic rings. The van der Waals surface area contributed by atoms with E-state index in [1.54, 1.807) is 6.92 Å². The van der Waals surface area contributed by atoms with Crippen LogP contribution in [0, 0.1) is 0 Å². The number of nitrogens with one attached hydrogen (secondary N) is 1. The van der Waals surface area contributed by atoms with Crippen LogP contribution < -0.4 is 11.1 Å². The Hall–Kier alpha value is -0.610. The van der Waals surface area contributed by atoms with Crippen molar-refractivity contribution in [1.29, 1.82) is 0 Å². The van der Waals surface area contributed by atoms with Crippen molar-refractivity contribution in [3.05, 3.63) is 0 Å². The van der Waals surface area contributed by atoms with Crippen LogP contribution in [0.1, 0.15) is 20.3 Å². The van der Waals surface area contributed by atoms with Crippen molar-refractivity contribution in [3.8, 4) is 0 Å². The van der Waals surface area contributed by atoms with Crippen LogP contribution in [0.5, 0.6) is 0 Å². The van der Waals surface area contributed by atoms with Gasteiger partial charge in [-0.1, -0.05) is 0 Å². The molecule has 0 bridgehead atoms. The third-order valence-electron chi connectivity index (χ3n) is 1.27. The van der Waals surface area contributed by atoms with Gasteiger partial charge in [-0.05, 0) is 13.8 Å². The van der Waals surface area contributed by atoms with Gasteiger partial charge in [0.1, 0.15) is 0 Å². The van der Waals surface area contributed by atoms with Crippen LogP contribution in [-0.2, 0) is 4.79 Å². The molecule has 0 saturated heterocycles. The fourth-order valence-electron chi connectivity index (χ4n) is 0.746. The fraction of sp³-hybridized carbons (Fsp3) is 0.857. The summed E-state index contributed by atoms with van der Waals surface area (Å²) in [6.45, 7) is 4.03. The molecule has 0 spiro atoms. The number of primary amides is 1. The van der Waals surface area contributed by atoms with Crippen molar-refractivity contribution in [2.45, 2.75) is 32.4 Å². The van der Waals surface area contributed by atoms with E-state index < -0.39 is 0 Å². The van der Waals surface area contributed by atoms with E-state index in [1.165, 1.54) is 0 Å². The van der Waals surface area contributed by atoms with E-state index in [-0.39, 0.29) is 18.1 Å². The average molecular weight is 160 g/mol. The van der Waals surface area contributed by atoms with Gasteiger partial charge in [0.2, 0.25) is 5.91 Å². The van der Waals surface area contributed by atoms with Gasteiger partial charge in [-0.25, -0.2) is 0 Å². The zero-order valence-electron chi connectivity index (χ0n) is 7.00. The zero-order valence-corrected chi connectivity index (χ0v) is 7.00. The largest absolute Gasteiger partial charge is 0.392 e. The predicted molar refractivity (Wildman–Crippen MR) is 43.0 cm³/mol. The van der Waals surface area contributed by atoms with Gasteiger partial charge < -0.3 is 16.2 Å². The Labute approximate surface area is 66.8 Å². The number of aliphatic hydroxyl groups excluding tert-OH is 1. The Kier molecular flexibility index (Phi) is 4.81. The maximum Gasteiger partial charge on any atom is 0.218 e. The number of hydrogen-bond donors (Lipinski definition) is 3. The quantitative estimate of drug-likeness (QED) is 0.494. The van der Waals surface area contributed by atoms with Gasteiger partial charge in [-0.2, -0.15) is 0 Å². The number of aliphatic hydroxyl groups is 1. The standard InChI is InChI=1S/C7H16N2O2/c1-5(3-7(8)11)9-4-6(2)10/h5-6,9-10H,3-4H2,1-2H3,(H2,8,11)/t5?,6-/m0/s1. The lowest BCUT2D eigenvalue weighted by Gasteiger charge is -2.12. The molecule has 4 heteroatoms.